The van der Waals surface area contributed by atoms with Crippen LogP contribution in [0.2, 0.25) is 0 Å². The molecule has 0 aliphatic carbocycles. The van der Waals surface area contributed by atoms with Crippen LogP contribution in [0.3, 0.4) is 0 Å². The fourth-order valence-corrected chi connectivity index (χ4v) is 2.85. The van der Waals surface area contributed by atoms with E-state index in [-0.39, 0.29) is 17.7 Å². The molecular formula is C9H13ClN2OS. The Labute approximate surface area is 92.2 Å². The number of nitrogens with one attached hydrogen (secondary N) is 1. The summed E-state index contributed by atoms with van der Waals surface area (Å²) >= 11 is 0. The SMILES string of the molecule is Cl.O=[S@@](c1ccncc1)[C@H]1CCNC1. The van der Waals surface area contributed by atoms with E-state index < -0.39 is 10.8 Å². The van der Waals surface area contributed by atoms with Gasteiger partial charge in [0.2, 0.25) is 0 Å². The van der Waals surface area contributed by atoms with Crippen LogP contribution in [-0.2, 0) is 10.8 Å². The smallest absolute Gasteiger partial charge is 0.0575 e. The van der Waals surface area contributed by atoms with E-state index in [0.717, 1.165) is 24.4 Å². The number of rotatable bonds is 2. The maximum absolute atomic E-state index is 11.9. The third-order valence-corrected chi connectivity index (χ3v) is 3.94. The van der Waals surface area contributed by atoms with E-state index in [1.165, 1.54) is 0 Å². The van der Waals surface area contributed by atoms with Crippen molar-refractivity contribution >= 4 is 23.2 Å². The number of hydrogen-bond acceptors (Lipinski definition) is 3. The molecule has 1 aromatic heterocycles. The van der Waals surface area contributed by atoms with Gasteiger partial charge in [-0.3, -0.25) is 9.19 Å². The van der Waals surface area contributed by atoms with Crippen LogP contribution < -0.4 is 5.32 Å². The summed E-state index contributed by atoms with van der Waals surface area (Å²) in [6, 6.07) is 3.66. The highest BCUT2D eigenvalue weighted by Crippen LogP contribution is 2.14. The predicted molar refractivity (Wildman–Crippen MR) is 59.2 cm³/mol. The Balaban J connectivity index is 0.000000980. The first-order valence-corrected chi connectivity index (χ1v) is 5.60. The fraction of sp³-hybridized carbons (Fsp3) is 0.444. The van der Waals surface area contributed by atoms with Gasteiger partial charge in [0.1, 0.15) is 0 Å². The van der Waals surface area contributed by atoms with Crippen molar-refractivity contribution in [3.05, 3.63) is 24.5 Å². The van der Waals surface area contributed by atoms with Gasteiger partial charge < -0.3 is 5.32 Å². The van der Waals surface area contributed by atoms with Crippen LogP contribution >= 0.6 is 12.4 Å². The summed E-state index contributed by atoms with van der Waals surface area (Å²) in [6.45, 7) is 1.86. The Hall–Kier alpha value is -0.450. The first-order valence-electron chi connectivity index (χ1n) is 4.39. The summed E-state index contributed by atoms with van der Waals surface area (Å²) in [7, 11) is -0.861. The molecule has 0 aromatic carbocycles. The largest absolute Gasteiger partial charge is 0.315 e. The average Bonchev–Trinajstić information content (AvgIpc) is 2.71. The van der Waals surface area contributed by atoms with Crippen molar-refractivity contribution in [2.24, 2.45) is 0 Å². The second kappa shape index (κ2) is 5.44. The Morgan fingerprint density at radius 2 is 2.14 bits per heavy atom. The van der Waals surface area contributed by atoms with Gasteiger partial charge in [-0.15, -0.1) is 12.4 Å². The lowest BCUT2D eigenvalue weighted by Crippen LogP contribution is -2.18. The normalized spacial score (nSPS) is 22.7. The summed E-state index contributed by atoms with van der Waals surface area (Å²) in [4.78, 5) is 4.80. The second-order valence-corrected chi connectivity index (χ2v) is 4.83. The zero-order valence-electron chi connectivity index (χ0n) is 7.68. The number of aromatic nitrogens is 1. The van der Waals surface area contributed by atoms with Gasteiger partial charge in [0.25, 0.3) is 0 Å². The Kier molecular flexibility index (Phi) is 4.51. The molecule has 1 fully saturated rings. The molecule has 0 radical (unpaired) electrons. The lowest BCUT2D eigenvalue weighted by molar-refractivity contribution is 0.672. The summed E-state index contributed by atoms with van der Waals surface area (Å²) in [5, 5.41) is 3.49. The van der Waals surface area contributed by atoms with Gasteiger partial charge >= 0.3 is 0 Å². The molecule has 14 heavy (non-hydrogen) atoms. The number of hydrogen-bond donors (Lipinski definition) is 1. The molecule has 5 heteroatoms. The Bertz CT molecular complexity index is 301. The zero-order chi connectivity index (χ0) is 9.10. The Morgan fingerprint density at radius 3 is 2.71 bits per heavy atom. The average molecular weight is 233 g/mol. The van der Waals surface area contributed by atoms with Crippen LogP contribution in [0.15, 0.2) is 29.4 Å². The van der Waals surface area contributed by atoms with Crippen molar-refractivity contribution in [1.29, 1.82) is 0 Å². The lowest BCUT2D eigenvalue weighted by Gasteiger charge is -2.07. The molecule has 2 rings (SSSR count). The van der Waals surface area contributed by atoms with E-state index in [0.29, 0.717) is 0 Å². The maximum Gasteiger partial charge on any atom is 0.0575 e. The van der Waals surface area contributed by atoms with Crippen LogP contribution in [0.5, 0.6) is 0 Å². The fourth-order valence-electron chi connectivity index (χ4n) is 1.48. The highest BCUT2D eigenvalue weighted by atomic mass is 35.5. The Morgan fingerprint density at radius 1 is 1.43 bits per heavy atom. The summed E-state index contributed by atoms with van der Waals surface area (Å²) in [6.07, 6.45) is 4.39. The van der Waals surface area contributed by atoms with Crippen LogP contribution in [0.25, 0.3) is 0 Å². The van der Waals surface area contributed by atoms with Crippen LogP contribution in [0.1, 0.15) is 6.42 Å². The summed E-state index contributed by atoms with van der Waals surface area (Å²) < 4.78 is 11.9. The topological polar surface area (TPSA) is 42.0 Å². The molecule has 78 valence electrons. The van der Waals surface area contributed by atoms with Gasteiger partial charge in [-0.05, 0) is 25.1 Å². The second-order valence-electron chi connectivity index (χ2n) is 3.10. The molecule has 1 saturated heterocycles. The first-order chi connectivity index (χ1) is 6.38. The molecule has 3 nitrogen and oxygen atoms in total. The minimum atomic E-state index is -0.861. The third-order valence-electron chi connectivity index (χ3n) is 2.20. The molecule has 1 aliphatic heterocycles. The van der Waals surface area contributed by atoms with Crippen molar-refractivity contribution in [2.75, 3.05) is 13.1 Å². The van der Waals surface area contributed by atoms with E-state index in [9.17, 15) is 4.21 Å². The summed E-state index contributed by atoms with van der Waals surface area (Å²) in [5.74, 6) is 0. The van der Waals surface area contributed by atoms with E-state index in [1.54, 1.807) is 12.4 Å². The zero-order valence-corrected chi connectivity index (χ0v) is 9.31. The van der Waals surface area contributed by atoms with Crippen molar-refractivity contribution < 1.29 is 4.21 Å². The molecule has 0 saturated carbocycles. The highest BCUT2D eigenvalue weighted by molar-refractivity contribution is 7.85. The molecule has 0 bridgehead atoms. The molecule has 1 aromatic rings. The molecule has 1 N–H and O–H groups in total. The van der Waals surface area contributed by atoms with Crippen molar-refractivity contribution in [2.45, 2.75) is 16.6 Å². The lowest BCUT2D eigenvalue weighted by atomic mass is 10.4. The molecule has 2 atom stereocenters. The van der Waals surface area contributed by atoms with Crippen molar-refractivity contribution in [3.63, 3.8) is 0 Å². The predicted octanol–water partition coefficient (Wildman–Crippen LogP) is 0.973. The van der Waals surface area contributed by atoms with Gasteiger partial charge in [0, 0.05) is 23.8 Å². The monoisotopic (exact) mass is 232 g/mol. The molecule has 0 amide bonds. The standard InChI is InChI=1S/C9H12N2OS.ClH/c12-13(9-3-6-11-7-9)8-1-4-10-5-2-8;/h1-2,4-5,9,11H,3,6-7H2;1H/t9-,13-;/m0./s1. The van der Waals surface area contributed by atoms with Gasteiger partial charge in [0.05, 0.1) is 16.0 Å². The van der Waals surface area contributed by atoms with Crippen LogP contribution in [0.4, 0.5) is 0 Å². The molecule has 0 spiro atoms. The highest BCUT2D eigenvalue weighted by Gasteiger charge is 2.21. The third kappa shape index (κ3) is 2.53. The van der Waals surface area contributed by atoms with E-state index >= 15 is 0 Å². The van der Waals surface area contributed by atoms with Gasteiger partial charge in [-0.25, -0.2) is 0 Å². The molecule has 2 heterocycles. The van der Waals surface area contributed by atoms with E-state index in [1.807, 2.05) is 12.1 Å². The van der Waals surface area contributed by atoms with Crippen molar-refractivity contribution in [3.8, 4) is 0 Å². The number of nitrogens with zero attached hydrogens (tertiary/aromatic N) is 1. The maximum atomic E-state index is 11.9. The molecule has 0 unspecified atom stereocenters. The van der Waals surface area contributed by atoms with Gasteiger partial charge in [-0.2, -0.15) is 0 Å². The van der Waals surface area contributed by atoms with Gasteiger partial charge in [0.15, 0.2) is 0 Å². The first kappa shape index (κ1) is 11.6. The number of pyridine rings is 1. The van der Waals surface area contributed by atoms with Crippen LogP contribution in [-0.4, -0.2) is 27.5 Å². The van der Waals surface area contributed by atoms with E-state index in [4.69, 9.17) is 0 Å². The summed E-state index contributed by atoms with van der Waals surface area (Å²) in [5.41, 5.74) is 0. The van der Waals surface area contributed by atoms with Crippen LogP contribution in [0, 0.1) is 0 Å². The molecule has 1 aliphatic rings. The minimum absolute atomic E-state index is 0. The van der Waals surface area contributed by atoms with E-state index in [2.05, 4.69) is 10.3 Å². The molecular weight excluding hydrogens is 220 g/mol. The minimum Gasteiger partial charge on any atom is -0.315 e. The van der Waals surface area contributed by atoms with Crippen molar-refractivity contribution in [1.82, 2.24) is 10.3 Å². The quantitative estimate of drug-likeness (QED) is 0.827. The number of halogens is 1. The van der Waals surface area contributed by atoms with Gasteiger partial charge in [-0.1, -0.05) is 0 Å².